The summed E-state index contributed by atoms with van der Waals surface area (Å²) in [7, 11) is 0. The van der Waals surface area contributed by atoms with Gasteiger partial charge in [0, 0.05) is 23.4 Å². The molecule has 1 N–H and O–H groups in total. The van der Waals surface area contributed by atoms with Crippen LogP contribution in [0.2, 0.25) is 0 Å². The summed E-state index contributed by atoms with van der Waals surface area (Å²) in [6, 6.07) is 2.69. The molecule has 0 radical (unpaired) electrons. The zero-order valence-corrected chi connectivity index (χ0v) is 11.1. The summed E-state index contributed by atoms with van der Waals surface area (Å²) in [4.78, 5) is 1.49. The minimum absolute atomic E-state index is 0.380. The minimum atomic E-state index is 0.380. The van der Waals surface area contributed by atoms with Gasteiger partial charge in [0.2, 0.25) is 0 Å². The molecular weight excluding hydrogens is 218 g/mol. The van der Waals surface area contributed by atoms with Crippen molar-refractivity contribution in [3.8, 4) is 0 Å². The molecule has 0 spiro atoms. The molecule has 0 bridgehead atoms. The second kappa shape index (κ2) is 5.30. The maximum Gasteiger partial charge on any atom is 0.0594 e. The van der Waals surface area contributed by atoms with Crippen LogP contribution in [0.25, 0.3) is 0 Å². The number of nitrogens with one attached hydrogen (secondary N) is 1. The lowest BCUT2D eigenvalue weighted by Gasteiger charge is -2.26. The van der Waals surface area contributed by atoms with Crippen molar-refractivity contribution in [2.75, 3.05) is 13.2 Å². The maximum absolute atomic E-state index is 5.70. The summed E-state index contributed by atoms with van der Waals surface area (Å²) in [5.41, 5.74) is 1.41. The predicted molar refractivity (Wildman–Crippen MR) is 69.0 cm³/mol. The van der Waals surface area contributed by atoms with E-state index < -0.39 is 0 Å². The van der Waals surface area contributed by atoms with Crippen LogP contribution in [-0.2, 0) is 4.74 Å². The first-order valence-corrected chi connectivity index (χ1v) is 7.01. The lowest BCUT2D eigenvalue weighted by atomic mass is 9.91. The Bertz CT molecular complexity index is 336. The van der Waals surface area contributed by atoms with Gasteiger partial charge < -0.3 is 10.1 Å². The van der Waals surface area contributed by atoms with Crippen LogP contribution in [-0.4, -0.2) is 19.3 Å². The summed E-state index contributed by atoms with van der Waals surface area (Å²) in [5, 5.41) is 5.82. The molecule has 0 saturated carbocycles. The summed E-state index contributed by atoms with van der Waals surface area (Å²) >= 11 is 1.87. The van der Waals surface area contributed by atoms with Crippen LogP contribution in [0, 0.1) is 12.8 Å². The molecule has 2 rings (SSSR count). The fourth-order valence-electron chi connectivity index (χ4n) is 2.55. The van der Waals surface area contributed by atoms with Crippen LogP contribution < -0.4 is 5.32 Å². The van der Waals surface area contributed by atoms with E-state index in [1.165, 1.54) is 16.9 Å². The zero-order valence-electron chi connectivity index (χ0n) is 10.3. The fourth-order valence-corrected chi connectivity index (χ4v) is 3.62. The molecule has 0 aliphatic carbocycles. The molecule has 2 nitrogen and oxygen atoms in total. The maximum atomic E-state index is 5.70. The molecule has 3 unspecified atom stereocenters. The monoisotopic (exact) mass is 239 g/mol. The number of hydrogen-bond donors (Lipinski definition) is 1. The highest BCUT2D eigenvalue weighted by Crippen LogP contribution is 2.36. The van der Waals surface area contributed by atoms with Gasteiger partial charge in [0.15, 0.2) is 0 Å². The van der Waals surface area contributed by atoms with Crippen molar-refractivity contribution in [1.29, 1.82) is 0 Å². The van der Waals surface area contributed by atoms with E-state index in [1.807, 2.05) is 11.3 Å². The molecule has 16 heavy (non-hydrogen) atoms. The van der Waals surface area contributed by atoms with Crippen molar-refractivity contribution in [2.24, 2.45) is 5.92 Å². The van der Waals surface area contributed by atoms with Crippen LogP contribution in [0.5, 0.6) is 0 Å². The van der Waals surface area contributed by atoms with Crippen molar-refractivity contribution in [3.05, 3.63) is 21.9 Å². The Morgan fingerprint density at radius 1 is 1.62 bits per heavy atom. The zero-order chi connectivity index (χ0) is 11.5. The van der Waals surface area contributed by atoms with Gasteiger partial charge in [0.1, 0.15) is 0 Å². The normalized spacial score (nSPS) is 27.2. The number of aryl methyl sites for hydroxylation is 1. The van der Waals surface area contributed by atoms with E-state index in [4.69, 9.17) is 4.74 Å². The molecule has 1 saturated heterocycles. The topological polar surface area (TPSA) is 21.3 Å². The van der Waals surface area contributed by atoms with Gasteiger partial charge >= 0.3 is 0 Å². The Morgan fingerprint density at radius 2 is 2.44 bits per heavy atom. The molecule has 90 valence electrons. The Balaban J connectivity index is 2.20. The number of thiophene rings is 1. The molecular formula is C13H21NOS. The minimum Gasteiger partial charge on any atom is -0.378 e. The third-order valence-electron chi connectivity index (χ3n) is 3.47. The Hall–Kier alpha value is -0.380. The number of ether oxygens (including phenoxy) is 1. The van der Waals surface area contributed by atoms with E-state index in [1.54, 1.807) is 0 Å². The third-order valence-corrected chi connectivity index (χ3v) is 4.57. The van der Waals surface area contributed by atoms with Gasteiger partial charge in [-0.25, -0.2) is 0 Å². The van der Waals surface area contributed by atoms with Crippen molar-refractivity contribution >= 4 is 11.3 Å². The lowest BCUT2D eigenvalue weighted by molar-refractivity contribution is 0.0959. The molecule has 1 fully saturated rings. The summed E-state index contributed by atoms with van der Waals surface area (Å²) in [5.74, 6) is 0.622. The van der Waals surface area contributed by atoms with Gasteiger partial charge in [-0.1, -0.05) is 6.92 Å². The standard InChI is InChI=1S/C13H21NOS/c1-4-14-12(11-5-7-15-10(11)3)13-9(2)6-8-16-13/h6,8,10-12,14H,4-5,7H2,1-3H3. The van der Waals surface area contributed by atoms with E-state index in [-0.39, 0.29) is 0 Å². The van der Waals surface area contributed by atoms with Crippen LogP contribution in [0.1, 0.15) is 36.8 Å². The molecule has 3 atom stereocenters. The fraction of sp³-hybridized carbons (Fsp3) is 0.692. The van der Waals surface area contributed by atoms with Gasteiger partial charge in [-0.3, -0.25) is 0 Å². The van der Waals surface area contributed by atoms with Crippen molar-refractivity contribution in [2.45, 2.75) is 39.3 Å². The molecule has 0 amide bonds. The number of hydrogen-bond acceptors (Lipinski definition) is 3. The van der Waals surface area contributed by atoms with Crippen molar-refractivity contribution in [1.82, 2.24) is 5.32 Å². The van der Waals surface area contributed by atoms with Gasteiger partial charge in [-0.15, -0.1) is 11.3 Å². The molecule has 1 aromatic heterocycles. The summed E-state index contributed by atoms with van der Waals surface area (Å²) < 4.78 is 5.70. The third kappa shape index (κ3) is 2.31. The highest BCUT2D eigenvalue weighted by molar-refractivity contribution is 7.10. The quantitative estimate of drug-likeness (QED) is 0.871. The lowest BCUT2D eigenvalue weighted by Crippen LogP contribution is -2.31. The Kier molecular flexibility index (Phi) is 4.00. The first kappa shape index (κ1) is 12.1. The van der Waals surface area contributed by atoms with E-state index in [0.717, 1.165) is 13.2 Å². The highest BCUT2D eigenvalue weighted by Gasteiger charge is 2.33. The van der Waals surface area contributed by atoms with Crippen LogP contribution in [0.3, 0.4) is 0 Å². The molecule has 2 heterocycles. The van der Waals surface area contributed by atoms with Gasteiger partial charge in [0.05, 0.1) is 6.10 Å². The van der Waals surface area contributed by atoms with Crippen LogP contribution in [0.15, 0.2) is 11.4 Å². The van der Waals surface area contributed by atoms with Gasteiger partial charge in [-0.05, 0) is 43.8 Å². The second-order valence-electron chi connectivity index (χ2n) is 4.53. The van der Waals surface area contributed by atoms with E-state index in [9.17, 15) is 0 Å². The summed E-state index contributed by atoms with van der Waals surface area (Å²) in [6.07, 6.45) is 1.56. The van der Waals surface area contributed by atoms with Crippen LogP contribution >= 0.6 is 11.3 Å². The average Bonchev–Trinajstić information content (AvgIpc) is 2.84. The van der Waals surface area contributed by atoms with Gasteiger partial charge in [-0.2, -0.15) is 0 Å². The van der Waals surface area contributed by atoms with Gasteiger partial charge in [0.25, 0.3) is 0 Å². The van der Waals surface area contributed by atoms with E-state index in [2.05, 4.69) is 37.5 Å². The molecule has 1 aromatic rings. The van der Waals surface area contributed by atoms with E-state index in [0.29, 0.717) is 18.1 Å². The molecule has 0 aromatic carbocycles. The Morgan fingerprint density at radius 3 is 2.94 bits per heavy atom. The van der Waals surface area contributed by atoms with E-state index >= 15 is 0 Å². The molecule has 1 aliphatic rings. The first-order valence-electron chi connectivity index (χ1n) is 6.13. The smallest absolute Gasteiger partial charge is 0.0594 e. The number of rotatable bonds is 4. The first-order chi connectivity index (χ1) is 7.74. The van der Waals surface area contributed by atoms with Crippen molar-refractivity contribution in [3.63, 3.8) is 0 Å². The van der Waals surface area contributed by atoms with Crippen LogP contribution in [0.4, 0.5) is 0 Å². The SMILES string of the molecule is CCNC(c1sccc1C)C1CCOC1C. The molecule has 1 aliphatic heterocycles. The highest BCUT2D eigenvalue weighted by atomic mass is 32.1. The average molecular weight is 239 g/mol. The second-order valence-corrected chi connectivity index (χ2v) is 5.48. The largest absolute Gasteiger partial charge is 0.378 e. The predicted octanol–water partition coefficient (Wildman–Crippen LogP) is 3.13. The summed E-state index contributed by atoms with van der Waals surface area (Å²) in [6.45, 7) is 8.52. The molecule has 3 heteroatoms. The van der Waals surface area contributed by atoms with Crippen molar-refractivity contribution < 1.29 is 4.74 Å². The Labute approximate surface area is 102 Å².